The number of benzene rings is 2. The van der Waals surface area contributed by atoms with E-state index in [9.17, 15) is 0 Å². The average Bonchev–Trinajstić information content (AvgIpc) is 2.91. The molecule has 2 aromatic rings. The summed E-state index contributed by atoms with van der Waals surface area (Å²) in [5, 5.41) is 3.03. The van der Waals surface area contributed by atoms with E-state index in [1.165, 1.54) is 22.8 Å². The molecule has 1 aliphatic rings. The highest BCUT2D eigenvalue weighted by Gasteiger charge is 2.39. The molecule has 1 aliphatic heterocycles. The maximum atomic E-state index is 3.84. The molecule has 0 unspecified atom stereocenters. The molecule has 1 nitrogen and oxygen atoms in total. The lowest BCUT2D eigenvalue weighted by Crippen LogP contribution is -2.65. The highest BCUT2D eigenvalue weighted by molar-refractivity contribution is 7.00. The van der Waals surface area contributed by atoms with Crippen molar-refractivity contribution in [1.29, 1.82) is 0 Å². The largest absolute Gasteiger partial charge is 0.330 e. The van der Waals surface area contributed by atoms with Gasteiger partial charge in [0, 0.05) is 0 Å². The molecule has 1 heterocycles. The minimum Gasteiger partial charge on any atom is -0.330 e. The zero-order valence-corrected chi connectivity index (χ0v) is 10.9. The summed E-state index contributed by atoms with van der Waals surface area (Å²) in [6.07, 6.45) is 1.30. The van der Waals surface area contributed by atoms with E-state index in [1.54, 1.807) is 0 Å². The van der Waals surface area contributed by atoms with E-state index in [0.717, 1.165) is 6.54 Å². The second-order valence-corrected chi connectivity index (χ2v) is 8.49. The van der Waals surface area contributed by atoms with Crippen LogP contribution < -0.4 is 15.4 Å². The summed E-state index contributed by atoms with van der Waals surface area (Å²) in [6.45, 7) is 1.16. The fourth-order valence-electron chi connectivity index (χ4n) is 2.85. The molecule has 2 aromatic carbocycles. The molecule has 0 radical (unpaired) electrons. The summed E-state index contributed by atoms with van der Waals surface area (Å²) in [6, 6.07) is 23.3. The van der Waals surface area contributed by atoms with Gasteiger partial charge < -0.3 is 4.98 Å². The SMILES string of the molecule is c1ccc([Si]2(c3ccccc3)CCCN2)cc1. The first-order chi connectivity index (χ1) is 8.42. The van der Waals surface area contributed by atoms with Crippen LogP contribution >= 0.6 is 0 Å². The van der Waals surface area contributed by atoms with Gasteiger partial charge in [-0.15, -0.1) is 0 Å². The van der Waals surface area contributed by atoms with Crippen molar-refractivity contribution in [1.82, 2.24) is 4.98 Å². The summed E-state index contributed by atoms with van der Waals surface area (Å²) in [4.78, 5) is 3.84. The first-order valence-corrected chi connectivity index (χ1v) is 8.49. The number of nitrogens with one attached hydrogen (secondary N) is 1. The molecule has 0 aromatic heterocycles. The van der Waals surface area contributed by atoms with Crippen LogP contribution in [0.5, 0.6) is 0 Å². The zero-order chi connectivity index (χ0) is 11.6. The second kappa shape index (κ2) is 4.47. The van der Waals surface area contributed by atoms with Gasteiger partial charge in [-0.25, -0.2) is 0 Å². The summed E-state index contributed by atoms with van der Waals surface area (Å²) in [5.74, 6) is 0. The number of rotatable bonds is 2. The molecule has 1 N–H and O–H groups in total. The van der Waals surface area contributed by atoms with Gasteiger partial charge in [-0.1, -0.05) is 60.7 Å². The Hall–Kier alpha value is -1.38. The van der Waals surface area contributed by atoms with Crippen LogP contribution in [0.15, 0.2) is 60.7 Å². The van der Waals surface area contributed by atoms with E-state index < -0.39 is 8.24 Å². The van der Waals surface area contributed by atoms with Crippen LogP contribution in [0.25, 0.3) is 0 Å². The lowest BCUT2D eigenvalue weighted by Gasteiger charge is -2.28. The molecule has 1 fully saturated rings. The van der Waals surface area contributed by atoms with Gasteiger partial charge in [-0.2, -0.15) is 0 Å². The normalized spacial score (nSPS) is 18.1. The molecule has 0 aliphatic carbocycles. The molecule has 0 bridgehead atoms. The summed E-state index contributed by atoms with van der Waals surface area (Å²) >= 11 is 0. The van der Waals surface area contributed by atoms with E-state index in [2.05, 4.69) is 65.6 Å². The van der Waals surface area contributed by atoms with Crippen molar-refractivity contribution >= 4 is 18.6 Å². The second-order valence-electron chi connectivity index (χ2n) is 4.67. The standard InChI is InChI=1S/C15H17NSi/c1-3-8-14(9-4-1)17(13-7-12-16-17)15-10-5-2-6-11-15/h1-6,8-11,16H,7,12-13H2. The molecule has 0 saturated carbocycles. The predicted molar refractivity (Wildman–Crippen MR) is 75.3 cm³/mol. The third-order valence-corrected chi connectivity index (χ3v) is 8.28. The van der Waals surface area contributed by atoms with Gasteiger partial charge >= 0.3 is 0 Å². The van der Waals surface area contributed by atoms with Crippen LogP contribution in [0, 0.1) is 0 Å². The van der Waals surface area contributed by atoms with Crippen molar-refractivity contribution in [2.45, 2.75) is 12.5 Å². The van der Waals surface area contributed by atoms with Gasteiger partial charge in [0.15, 0.2) is 8.24 Å². The number of hydrogen-bond donors (Lipinski definition) is 1. The monoisotopic (exact) mass is 239 g/mol. The topological polar surface area (TPSA) is 12.0 Å². The highest BCUT2D eigenvalue weighted by Crippen LogP contribution is 2.16. The van der Waals surface area contributed by atoms with Gasteiger partial charge in [-0.05, 0) is 29.4 Å². The summed E-state index contributed by atoms with van der Waals surface area (Å²) < 4.78 is 0. The van der Waals surface area contributed by atoms with Crippen LogP contribution in [-0.4, -0.2) is 14.8 Å². The highest BCUT2D eigenvalue weighted by atomic mass is 28.3. The maximum Gasteiger partial charge on any atom is 0.189 e. The molecule has 86 valence electrons. The molecule has 17 heavy (non-hydrogen) atoms. The van der Waals surface area contributed by atoms with Crippen molar-refractivity contribution in [2.24, 2.45) is 0 Å². The van der Waals surface area contributed by atoms with E-state index in [1.807, 2.05) is 0 Å². The molecule has 0 spiro atoms. The van der Waals surface area contributed by atoms with Gasteiger partial charge in [-0.3, -0.25) is 0 Å². The summed E-state index contributed by atoms with van der Waals surface area (Å²) in [5.41, 5.74) is 0. The fourth-order valence-corrected chi connectivity index (χ4v) is 7.18. The first-order valence-electron chi connectivity index (χ1n) is 6.28. The Balaban J connectivity index is 2.11. The molecule has 0 amide bonds. The Bertz CT molecular complexity index is 433. The number of hydrogen-bond acceptors (Lipinski definition) is 1. The molecule has 3 rings (SSSR count). The lowest BCUT2D eigenvalue weighted by molar-refractivity contribution is 0.930. The zero-order valence-electron chi connectivity index (χ0n) is 9.89. The fraction of sp³-hybridized carbons (Fsp3) is 0.200. The van der Waals surface area contributed by atoms with Gasteiger partial charge in [0.1, 0.15) is 0 Å². The Morgan fingerprint density at radius 3 is 1.71 bits per heavy atom. The first kappa shape index (κ1) is 10.8. The molecule has 1 saturated heterocycles. The average molecular weight is 239 g/mol. The van der Waals surface area contributed by atoms with E-state index in [4.69, 9.17) is 0 Å². The quantitative estimate of drug-likeness (QED) is 0.787. The minimum atomic E-state index is -1.63. The van der Waals surface area contributed by atoms with Gasteiger partial charge in [0.25, 0.3) is 0 Å². The van der Waals surface area contributed by atoms with E-state index in [-0.39, 0.29) is 0 Å². The Morgan fingerprint density at radius 1 is 0.765 bits per heavy atom. The Kier molecular flexibility index (Phi) is 2.83. The van der Waals surface area contributed by atoms with Gasteiger partial charge in [0.05, 0.1) is 0 Å². The summed E-state index contributed by atoms with van der Waals surface area (Å²) in [7, 11) is -1.63. The van der Waals surface area contributed by atoms with Crippen molar-refractivity contribution in [3.63, 3.8) is 0 Å². The predicted octanol–water partition coefficient (Wildman–Crippen LogP) is 1.74. The van der Waals surface area contributed by atoms with Gasteiger partial charge in [0.2, 0.25) is 0 Å². The van der Waals surface area contributed by atoms with Crippen LogP contribution in [0.1, 0.15) is 6.42 Å². The third kappa shape index (κ3) is 1.83. The lowest BCUT2D eigenvalue weighted by atomic mass is 10.4. The van der Waals surface area contributed by atoms with E-state index in [0.29, 0.717) is 0 Å². The van der Waals surface area contributed by atoms with Crippen LogP contribution in [0.2, 0.25) is 6.04 Å². The van der Waals surface area contributed by atoms with Crippen LogP contribution in [-0.2, 0) is 0 Å². The van der Waals surface area contributed by atoms with Crippen LogP contribution in [0.4, 0.5) is 0 Å². The van der Waals surface area contributed by atoms with Crippen molar-refractivity contribution in [2.75, 3.05) is 6.54 Å². The molecule has 0 atom stereocenters. The maximum absolute atomic E-state index is 3.84. The van der Waals surface area contributed by atoms with Crippen LogP contribution in [0.3, 0.4) is 0 Å². The van der Waals surface area contributed by atoms with Crippen molar-refractivity contribution in [3.8, 4) is 0 Å². The molecular weight excluding hydrogens is 222 g/mol. The van der Waals surface area contributed by atoms with Crippen molar-refractivity contribution < 1.29 is 0 Å². The minimum absolute atomic E-state index is 1.16. The van der Waals surface area contributed by atoms with E-state index >= 15 is 0 Å². The molecular formula is C15H17NSi. The smallest absolute Gasteiger partial charge is 0.189 e. The van der Waals surface area contributed by atoms with Crippen molar-refractivity contribution in [3.05, 3.63) is 60.7 Å². The third-order valence-electron chi connectivity index (χ3n) is 3.69. The molecule has 2 heteroatoms. The Labute approximate surface area is 104 Å². The Morgan fingerprint density at radius 2 is 1.29 bits per heavy atom.